The monoisotopic (exact) mass is 298 g/mol. The van der Waals surface area contributed by atoms with Crippen LogP contribution in [0.15, 0.2) is 29.8 Å². The summed E-state index contributed by atoms with van der Waals surface area (Å²) in [5.41, 5.74) is 4.28. The predicted octanol–water partition coefficient (Wildman–Crippen LogP) is 4.17. The molecule has 1 aromatic rings. The Morgan fingerprint density at radius 3 is 2.86 bits per heavy atom. The maximum atomic E-state index is 10.5. The van der Waals surface area contributed by atoms with E-state index in [0.29, 0.717) is 23.5 Å². The van der Waals surface area contributed by atoms with Crippen LogP contribution in [0.2, 0.25) is 0 Å². The van der Waals surface area contributed by atoms with E-state index in [4.69, 9.17) is 0 Å². The molecule has 1 aromatic carbocycles. The summed E-state index contributed by atoms with van der Waals surface area (Å²) in [5.74, 6) is 2.30. The molecule has 2 saturated carbocycles. The highest BCUT2D eigenvalue weighted by Gasteiger charge is 2.55. The number of hydrogen-bond donors (Lipinski definition) is 2. The average Bonchev–Trinajstić information content (AvgIpc) is 2.76. The van der Waals surface area contributed by atoms with Gasteiger partial charge < -0.3 is 10.2 Å². The molecule has 0 radical (unpaired) electrons. The highest BCUT2D eigenvalue weighted by molar-refractivity contribution is 5.41. The molecule has 0 aromatic heterocycles. The smallest absolute Gasteiger partial charge is 0.115 e. The van der Waals surface area contributed by atoms with Crippen LogP contribution in [0.4, 0.5) is 0 Å². The number of aryl methyl sites for hydroxylation is 1. The van der Waals surface area contributed by atoms with Gasteiger partial charge in [-0.1, -0.05) is 19.1 Å². The van der Waals surface area contributed by atoms with E-state index in [1.54, 1.807) is 0 Å². The van der Waals surface area contributed by atoms with Crippen molar-refractivity contribution in [1.29, 1.82) is 0 Å². The van der Waals surface area contributed by atoms with Crippen molar-refractivity contribution in [1.82, 2.24) is 0 Å². The van der Waals surface area contributed by atoms with Crippen LogP contribution in [-0.4, -0.2) is 16.3 Å². The van der Waals surface area contributed by atoms with E-state index in [-0.39, 0.29) is 11.5 Å². The van der Waals surface area contributed by atoms with E-state index in [0.717, 1.165) is 12.8 Å². The molecule has 0 heterocycles. The second kappa shape index (κ2) is 4.86. The third-order valence-corrected chi connectivity index (χ3v) is 6.91. The lowest BCUT2D eigenvalue weighted by atomic mass is 9.55. The summed E-state index contributed by atoms with van der Waals surface area (Å²) in [6.07, 6.45) is 7.52. The standard InChI is InChI=1S/C20H26O2/c1-3-17-19(22)11-18-16-6-4-12-10-13(21)5-7-14(12)15(16)8-9-20(17,18)2/h3,5,7,10,15-16,18-19,21-22H,4,6,8-9,11H2,1-2H3/b17-3+/t15-,16-,18+,19-,20-/m1/s1. The van der Waals surface area contributed by atoms with Gasteiger partial charge >= 0.3 is 0 Å². The fraction of sp³-hybridized carbons (Fsp3) is 0.600. The number of aromatic hydroxyl groups is 1. The van der Waals surface area contributed by atoms with Crippen molar-refractivity contribution in [3.8, 4) is 5.75 Å². The maximum Gasteiger partial charge on any atom is 0.115 e. The Morgan fingerprint density at radius 2 is 2.09 bits per heavy atom. The molecule has 0 aliphatic heterocycles. The molecule has 2 nitrogen and oxygen atoms in total. The highest BCUT2D eigenvalue weighted by atomic mass is 16.3. The van der Waals surface area contributed by atoms with Gasteiger partial charge in [0.15, 0.2) is 0 Å². The zero-order valence-corrected chi connectivity index (χ0v) is 13.5. The molecule has 2 fully saturated rings. The molecule has 0 spiro atoms. The van der Waals surface area contributed by atoms with Crippen LogP contribution in [0.25, 0.3) is 0 Å². The van der Waals surface area contributed by atoms with Crippen LogP contribution in [0.5, 0.6) is 5.75 Å². The largest absolute Gasteiger partial charge is 0.508 e. The van der Waals surface area contributed by atoms with Crippen LogP contribution in [0, 0.1) is 17.3 Å². The molecule has 2 N–H and O–H groups in total. The Balaban J connectivity index is 1.73. The number of allylic oxidation sites excluding steroid dienone is 1. The summed E-state index contributed by atoms with van der Waals surface area (Å²) in [6, 6.07) is 5.95. The first-order valence-electron chi connectivity index (χ1n) is 8.71. The van der Waals surface area contributed by atoms with Gasteiger partial charge in [0.1, 0.15) is 5.75 Å². The summed E-state index contributed by atoms with van der Waals surface area (Å²) in [7, 11) is 0. The van der Waals surface area contributed by atoms with Crippen LogP contribution >= 0.6 is 0 Å². The zero-order valence-electron chi connectivity index (χ0n) is 13.5. The minimum atomic E-state index is -0.236. The number of aliphatic hydroxyl groups excluding tert-OH is 1. The van der Waals surface area contributed by atoms with Crippen molar-refractivity contribution in [2.75, 3.05) is 0 Å². The van der Waals surface area contributed by atoms with Crippen molar-refractivity contribution in [2.24, 2.45) is 17.3 Å². The number of phenolic OH excluding ortho intramolecular Hbond substituents is 1. The SMILES string of the molecule is C/C=C1\[C@H](O)C[C@H]2[C@@H]3CCc4cc(O)ccc4[C@H]3CC[C@]12C. The quantitative estimate of drug-likeness (QED) is 0.706. The summed E-state index contributed by atoms with van der Waals surface area (Å²) >= 11 is 0. The molecule has 2 heteroatoms. The molecule has 5 atom stereocenters. The van der Waals surface area contributed by atoms with Crippen LogP contribution in [0.1, 0.15) is 56.6 Å². The first-order chi connectivity index (χ1) is 10.5. The van der Waals surface area contributed by atoms with Crippen LogP contribution in [-0.2, 0) is 6.42 Å². The van der Waals surface area contributed by atoms with Gasteiger partial charge in [-0.3, -0.25) is 0 Å². The molecule has 0 bridgehead atoms. The number of benzene rings is 1. The molecule has 118 valence electrons. The van der Waals surface area contributed by atoms with E-state index in [1.807, 2.05) is 12.1 Å². The molecule has 4 rings (SSSR count). The Hall–Kier alpha value is -1.28. The minimum Gasteiger partial charge on any atom is -0.508 e. The molecule has 3 aliphatic carbocycles. The van der Waals surface area contributed by atoms with Crippen molar-refractivity contribution < 1.29 is 10.2 Å². The van der Waals surface area contributed by atoms with Crippen LogP contribution in [0.3, 0.4) is 0 Å². The van der Waals surface area contributed by atoms with Gasteiger partial charge in [0.05, 0.1) is 6.10 Å². The second-order valence-corrected chi connectivity index (χ2v) is 7.75. The summed E-state index contributed by atoms with van der Waals surface area (Å²) < 4.78 is 0. The third-order valence-electron chi connectivity index (χ3n) is 6.91. The fourth-order valence-electron chi connectivity index (χ4n) is 5.95. The lowest BCUT2D eigenvalue weighted by Crippen LogP contribution is -2.40. The van der Waals surface area contributed by atoms with Gasteiger partial charge in [0.25, 0.3) is 0 Å². The minimum absolute atomic E-state index is 0.198. The molecule has 22 heavy (non-hydrogen) atoms. The molecule has 3 aliphatic rings. The Morgan fingerprint density at radius 1 is 1.27 bits per heavy atom. The number of rotatable bonds is 0. The third kappa shape index (κ3) is 1.83. The van der Waals surface area contributed by atoms with E-state index >= 15 is 0 Å². The van der Waals surface area contributed by atoms with Crippen molar-refractivity contribution in [3.63, 3.8) is 0 Å². The Kier molecular flexibility index (Phi) is 3.16. The second-order valence-electron chi connectivity index (χ2n) is 7.75. The number of phenols is 1. The van der Waals surface area contributed by atoms with Gasteiger partial charge in [0.2, 0.25) is 0 Å². The van der Waals surface area contributed by atoms with Gasteiger partial charge in [-0.25, -0.2) is 0 Å². The molecular weight excluding hydrogens is 272 g/mol. The van der Waals surface area contributed by atoms with E-state index in [9.17, 15) is 10.2 Å². The van der Waals surface area contributed by atoms with Gasteiger partial charge in [-0.05, 0) is 91.0 Å². The topological polar surface area (TPSA) is 40.5 Å². The van der Waals surface area contributed by atoms with Crippen molar-refractivity contribution in [2.45, 2.75) is 58.0 Å². The van der Waals surface area contributed by atoms with Gasteiger partial charge in [-0.15, -0.1) is 0 Å². The summed E-state index contributed by atoms with van der Waals surface area (Å²) in [6.45, 7) is 4.46. The highest BCUT2D eigenvalue weighted by Crippen LogP contribution is 2.62. The number of hydrogen-bond acceptors (Lipinski definition) is 2. The van der Waals surface area contributed by atoms with E-state index in [2.05, 4.69) is 26.0 Å². The normalized spacial score (nSPS) is 41.9. The van der Waals surface area contributed by atoms with E-state index in [1.165, 1.54) is 36.0 Å². The van der Waals surface area contributed by atoms with Crippen LogP contribution < -0.4 is 0 Å². The Labute approximate surface area is 132 Å². The molecule has 0 unspecified atom stereocenters. The van der Waals surface area contributed by atoms with Crippen molar-refractivity contribution in [3.05, 3.63) is 41.0 Å². The summed E-state index contributed by atoms with van der Waals surface area (Å²) in [4.78, 5) is 0. The van der Waals surface area contributed by atoms with Gasteiger partial charge in [0, 0.05) is 0 Å². The first kappa shape index (κ1) is 14.3. The first-order valence-corrected chi connectivity index (χ1v) is 8.71. The predicted molar refractivity (Wildman–Crippen MR) is 87.9 cm³/mol. The van der Waals surface area contributed by atoms with Crippen molar-refractivity contribution >= 4 is 0 Å². The number of fused-ring (bicyclic) bond motifs is 5. The molecule has 0 saturated heterocycles. The van der Waals surface area contributed by atoms with E-state index < -0.39 is 0 Å². The molecular formula is C20H26O2. The fourth-order valence-corrected chi connectivity index (χ4v) is 5.95. The summed E-state index contributed by atoms with van der Waals surface area (Å²) in [5, 5.41) is 20.2. The Bertz CT molecular complexity index is 633. The lowest BCUT2D eigenvalue weighted by Gasteiger charge is -2.49. The molecule has 0 amide bonds. The lowest BCUT2D eigenvalue weighted by molar-refractivity contribution is 0.0781. The zero-order chi connectivity index (χ0) is 15.5. The number of aliphatic hydroxyl groups is 1. The van der Waals surface area contributed by atoms with Gasteiger partial charge in [-0.2, -0.15) is 0 Å². The average molecular weight is 298 g/mol. The maximum absolute atomic E-state index is 10.5.